The molecular formula is C14H18ClN5O2. The summed E-state index contributed by atoms with van der Waals surface area (Å²) in [5, 5.41) is 12.7. The summed E-state index contributed by atoms with van der Waals surface area (Å²) in [5.74, 6) is 0.565. The van der Waals surface area contributed by atoms with Crippen LogP contribution in [0.1, 0.15) is 6.92 Å². The van der Waals surface area contributed by atoms with E-state index in [4.69, 9.17) is 4.74 Å². The molecule has 2 aromatic rings. The third-order valence-corrected chi connectivity index (χ3v) is 3.42. The maximum absolute atomic E-state index is 12.3. The van der Waals surface area contributed by atoms with Crippen molar-refractivity contribution in [1.82, 2.24) is 20.5 Å². The number of hydrogen-bond donors (Lipinski definition) is 3. The number of rotatable bonds is 3. The quantitative estimate of drug-likeness (QED) is 0.789. The molecule has 0 radical (unpaired) electrons. The number of nitrogens with zero attached hydrogens (tertiary/aromatic N) is 2. The van der Waals surface area contributed by atoms with Crippen LogP contribution in [0.4, 0.5) is 5.69 Å². The third-order valence-electron chi connectivity index (χ3n) is 3.42. The molecule has 0 saturated carbocycles. The summed E-state index contributed by atoms with van der Waals surface area (Å²) >= 11 is 0. The van der Waals surface area contributed by atoms with Gasteiger partial charge in [-0.15, -0.1) is 12.4 Å². The van der Waals surface area contributed by atoms with E-state index in [9.17, 15) is 4.79 Å². The summed E-state index contributed by atoms with van der Waals surface area (Å²) in [6.45, 7) is 3.20. The molecule has 2 atom stereocenters. The summed E-state index contributed by atoms with van der Waals surface area (Å²) < 4.78 is 5.49. The molecule has 0 bridgehead atoms. The molecule has 7 nitrogen and oxygen atoms in total. The van der Waals surface area contributed by atoms with Gasteiger partial charge in [-0.05, 0) is 19.1 Å². The van der Waals surface area contributed by atoms with Crippen molar-refractivity contribution in [3.63, 3.8) is 0 Å². The van der Waals surface area contributed by atoms with Crippen LogP contribution < -0.4 is 10.6 Å². The van der Waals surface area contributed by atoms with Gasteiger partial charge in [-0.25, -0.2) is 4.98 Å². The Labute approximate surface area is 134 Å². The molecule has 2 heterocycles. The minimum atomic E-state index is -0.340. The fraction of sp³-hybridized carbons (Fsp3) is 0.357. The first kappa shape index (κ1) is 16.4. The summed E-state index contributed by atoms with van der Waals surface area (Å²) in [6, 6.07) is 7.12. The van der Waals surface area contributed by atoms with E-state index in [0.29, 0.717) is 24.7 Å². The minimum absolute atomic E-state index is 0. The number of halogens is 1. The highest BCUT2D eigenvalue weighted by molar-refractivity contribution is 5.95. The second-order valence-electron chi connectivity index (χ2n) is 4.91. The first-order chi connectivity index (χ1) is 10.2. The molecule has 1 aliphatic heterocycles. The van der Waals surface area contributed by atoms with Crippen molar-refractivity contribution in [3.8, 4) is 11.4 Å². The topological polar surface area (TPSA) is 91.9 Å². The number of nitrogens with one attached hydrogen (secondary N) is 3. The van der Waals surface area contributed by atoms with Gasteiger partial charge in [0.15, 0.2) is 5.82 Å². The first-order valence-corrected chi connectivity index (χ1v) is 6.86. The van der Waals surface area contributed by atoms with Gasteiger partial charge in [0.05, 0.1) is 12.7 Å². The molecule has 0 unspecified atom stereocenters. The van der Waals surface area contributed by atoms with Crippen molar-refractivity contribution < 1.29 is 9.53 Å². The number of aromatic amines is 1. The minimum Gasteiger partial charge on any atom is -0.375 e. The van der Waals surface area contributed by atoms with Crippen LogP contribution in [-0.2, 0) is 9.53 Å². The maximum Gasteiger partial charge on any atom is 0.244 e. The van der Waals surface area contributed by atoms with Crippen LogP contribution in [0, 0.1) is 0 Å². The second kappa shape index (κ2) is 7.35. The average Bonchev–Trinajstić information content (AvgIpc) is 3.02. The molecule has 0 spiro atoms. The van der Waals surface area contributed by atoms with Crippen molar-refractivity contribution in [2.75, 3.05) is 18.5 Å². The smallest absolute Gasteiger partial charge is 0.244 e. The molecule has 1 amide bonds. The van der Waals surface area contributed by atoms with Gasteiger partial charge in [0.25, 0.3) is 0 Å². The van der Waals surface area contributed by atoms with Crippen molar-refractivity contribution in [2.24, 2.45) is 0 Å². The second-order valence-corrected chi connectivity index (χ2v) is 4.91. The predicted octanol–water partition coefficient (Wildman–Crippen LogP) is 1.21. The van der Waals surface area contributed by atoms with Gasteiger partial charge >= 0.3 is 0 Å². The molecule has 3 N–H and O–H groups in total. The highest BCUT2D eigenvalue weighted by atomic mass is 35.5. The highest BCUT2D eigenvalue weighted by Crippen LogP contribution is 2.19. The van der Waals surface area contributed by atoms with Crippen molar-refractivity contribution in [2.45, 2.75) is 19.1 Å². The SMILES string of the molecule is C[C@H]1OCCN[C@@H]1C(=O)Nc1cccc(-c2ncn[nH]2)c1.Cl. The Balaban J connectivity index is 0.00000176. The van der Waals surface area contributed by atoms with E-state index >= 15 is 0 Å². The van der Waals surface area contributed by atoms with Gasteiger partial charge < -0.3 is 15.4 Å². The Morgan fingerprint density at radius 2 is 2.32 bits per heavy atom. The summed E-state index contributed by atoms with van der Waals surface area (Å²) in [4.78, 5) is 16.4. The largest absolute Gasteiger partial charge is 0.375 e. The number of H-pyrrole nitrogens is 1. The molecule has 1 aromatic heterocycles. The highest BCUT2D eigenvalue weighted by Gasteiger charge is 2.28. The lowest BCUT2D eigenvalue weighted by Gasteiger charge is -2.29. The Bertz CT molecular complexity index is 619. The van der Waals surface area contributed by atoms with E-state index in [-0.39, 0.29) is 30.5 Å². The number of hydrogen-bond acceptors (Lipinski definition) is 5. The molecule has 8 heteroatoms. The number of ether oxygens (including phenoxy) is 1. The van der Waals surface area contributed by atoms with Gasteiger partial charge in [-0.1, -0.05) is 12.1 Å². The summed E-state index contributed by atoms with van der Waals surface area (Å²) in [5.41, 5.74) is 1.58. The van der Waals surface area contributed by atoms with E-state index in [1.165, 1.54) is 6.33 Å². The molecule has 1 saturated heterocycles. The number of morpholine rings is 1. The van der Waals surface area contributed by atoms with E-state index < -0.39 is 0 Å². The van der Waals surface area contributed by atoms with E-state index in [2.05, 4.69) is 25.8 Å². The molecule has 22 heavy (non-hydrogen) atoms. The Hall–Kier alpha value is -1.96. The molecule has 1 fully saturated rings. The zero-order valence-corrected chi connectivity index (χ0v) is 12.9. The normalized spacial score (nSPS) is 21.0. The number of anilines is 1. The molecule has 1 aromatic carbocycles. The number of aromatic nitrogens is 3. The summed E-state index contributed by atoms with van der Waals surface area (Å²) in [7, 11) is 0. The van der Waals surface area contributed by atoms with Crippen molar-refractivity contribution in [3.05, 3.63) is 30.6 Å². The Morgan fingerprint density at radius 3 is 3.05 bits per heavy atom. The van der Waals surface area contributed by atoms with Crippen LogP contribution >= 0.6 is 12.4 Å². The molecule has 118 valence electrons. The van der Waals surface area contributed by atoms with Crippen LogP contribution in [0.25, 0.3) is 11.4 Å². The zero-order chi connectivity index (χ0) is 14.7. The van der Waals surface area contributed by atoms with Crippen LogP contribution in [0.3, 0.4) is 0 Å². The number of amides is 1. The van der Waals surface area contributed by atoms with Gasteiger partial charge in [0, 0.05) is 17.8 Å². The maximum atomic E-state index is 12.3. The molecule has 3 rings (SSSR count). The van der Waals surface area contributed by atoms with Crippen LogP contribution in [0.2, 0.25) is 0 Å². The Kier molecular flexibility index (Phi) is 5.48. The lowest BCUT2D eigenvalue weighted by Crippen LogP contribution is -2.53. The number of benzene rings is 1. The van der Waals surface area contributed by atoms with E-state index in [1.54, 1.807) is 0 Å². The number of carbonyl (C=O) groups is 1. The molecule has 0 aliphatic carbocycles. The van der Waals surface area contributed by atoms with Gasteiger partial charge in [-0.2, -0.15) is 5.10 Å². The van der Waals surface area contributed by atoms with Gasteiger partial charge in [0.1, 0.15) is 12.4 Å². The molecular weight excluding hydrogens is 306 g/mol. The fourth-order valence-corrected chi connectivity index (χ4v) is 2.34. The zero-order valence-electron chi connectivity index (χ0n) is 12.1. The first-order valence-electron chi connectivity index (χ1n) is 6.86. The lowest BCUT2D eigenvalue weighted by atomic mass is 10.1. The van der Waals surface area contributed by atoms with Crippen molar-refractivity contribution in [1.29, 1.82) is 0 Å². The lowest BCUT2D eigenvalue weighted by molar-refractivity contribution is -0.123. The van der Waals surface area contributed by atoms with Crippen molar-refractivity contribution >= 4 is 24.0 Å². The number of carbonyl (C=O) groups excluding carboxylic acids is 1. The van der Waals surface area contributed by atoms with Crippen LogP contribution in [-0.4, -0.2) is 46.4 Å². The van der Waals surface area contributed by atoms with Crippen LogP contribution in [0.5, 0.6) is 0 Å². The van der Waals surface area contributed by atoms with E-state index in [0.717, 1.165) is 5.56 Å². The summed E-state index contributed by atoms with van der Waals surface area (Å²) in [6.07, 6.45) is 1.31. The van der Waals surface area contributed by atoms with Gasteiger partial charge in [0.2, 0.25) is 5.91 Å². The monoisotopic (exact) mass is 323 g/mol. The predicted molar refractivity (Wildman–Crippen MR) is 84.9 cm³/mol. The van der Waals surface area contributed by atoms with Crippen LogP contribution in [0.15, 0.2) is 30.6 Å². The standard InChI is InChI=1S/C14H17N5O2.ClH/c1-9-12(15-5-6-21-9)14(20)18-11-4-2-3-10(7-11)13-16-8-17-19-13;/h2-4,7-9,12,15H,5-6H2,1H3,(H,18,20)(H,16,17,19);1H/t9-,12+;/m1./s1. The van der Waals surface area contributed by atoms with Gasteiger partial charge in [-0.3, -0.25) is 9.89 Å². The Morgan fingerprint density at radius 1 is 1.45 bits per heavy atom. The third kappa shape index (κ3) is 3.62. The fourth-order valence-electron chi connectivity index (χ4n) is 2.34. The van der Waals surface area contributed by atoms with E-state index in [1.807, 2.05) is 31.2 Å². The average molecular weight is 324 g/mol. The molecule has 1 aliphatic rings.